The second-order valence-electron chi connectivity index (χ2n) is 4.95. The van der Waals surface area contributed by atoms with Gasteiger partial charge in [0.15, 0.2) is 10.8 Å². The van der Waals surface area contributed by atoms with E-state index in [1.807, 2.05) is 37.3 Å². The Bertz CT molecular complexity index is 985. The van der Waals surface area contributed by atoms with Crippen LogP contribution in [0.5, 0.6) is 0 Å². The van der Waals surface area contributed by atoms with Crippen molar-refractivity contribution in [1.82, 2.24) is 14.6 Å². The Morgan fingerprint density at radius 2 is 2.13 bits per heavy atom. The van der Waals surface area contributed by atoms with Gasteiger partial charge in [0, 0.05) is 4.88 Å². The Hall–Kier alpha value is -2.93. The number of imidazole rings is 1. The fraction of sp³-hybridized carbons (Fsp3) is 0.0625. The molecule has 0 unspecified atom stereocenters. The third-order valence-corrected chi connectivity index (χ3v) is 4.40. The summed E-state index contributed by atoms with van der Waals surface area (Å²) in [5.74, 6) is 0.380. The fourth-order valence-corrected chi connectivity index (χ4v) is 3.20. The highest BCUT2D eigenvalue weighted by Gasteiger charge is 2.18. The molecule has 0 aliphatic heterocycles. The minimum absolute atomic E-state index is 0.278. The largest absolute Gasteiger partial charge is 0.462 e. The van der Waals surface area contributed by atoms with Crippen LogP contribution >= 0.6 is 11.3 Å². The third kappa shape index (κ3) is 2.40. The number of fused-ring (bicyclic) bond motifs is 1. The van der Waals surface area contributed by atoms with E-state index in [1.54, 1.807) is 23.3 Å². The molecule has 3 aromatic heterocycles. The molecule has 1 aromatic carbocycles. The van der Waals surface area contributed by atoms with Crippen LogP contribution in [0.3, 0.4) is 0 Å². The van der Waals surface area contributed by atoms with E-state index < -0.39 is 0 Å². The Balaban J connectivity index is 1.65. The molecule has 0 bridgehead atoms. The number of aromatic nitrogens is 3. The topological polar surface area (TPSA) is 73.0 Å². The fourth-order valence-electron chi connectivity index (χ4n) is 2.32. The standard InChI is InChI=1S/C16H12N4O2S/c1-10-14(18-16(23-10)13-7-4-8-22-13)15(21)19-20-9-17-11-5-2-3-6-12(11)20/h2-9H,1H3,(H,19,21). The molecule has 0 aliphatic rings. The molecular formula is C16H12N4O2S. The number of aryl methyl sites for hydroxylation is 1. The summed E-state index contributed by atoms with van der Waals surface area (Å²) >= 11 is 1.43. The van der Waals surface area contributed by atoms with Crippen molar-refractivity contribution < 1.29 is 9.21 Å². The van der Waals surface area contributed by atoms with E-state index >= 15 is 0 Å². The number of carbonyl (C=O) groups is 1. The van der Waals surface area contributed by atoms with Crippen molar-refractivity contribution in [3.8, 4) is 10.8 Å². The molecular weight excluding hydrogens is 312 g/mol. The van der Waals surface area contributed by atoms with Crippen LogP contribution in [0.15, 0.2) is 53.4 Å². The number of hydrogen-bond donors (Lipinski definition) is 1. The zero-order valence-electron chi connectivity index (χ0n) is 12.2. The number of rotatable bonds is 3. The van der Waals surface area contributed by atoms with Crippen LogP contribution in [0.25, 0.3) is 21.8 Å². The maximum Gasteiger partial charge on any atom is 0.289 e. The number of furan rings is 1. The van der Waals surface area contributed by atoms with Crippen LogP contribution in [-0.2, 0) is 0 Å². The first kappa shape index (κ1) is 13.7. The first-order valence-electron chi connectivity index (χ1n) is 6.97. The molecule has 7 heteroatoms. The van der Waals surface area contributed by atoms with Crippen LogP contribution < -0.4 is 5.43 Å². The van der Waals surface area contributed by atoms with E-state index in [4.69, 9.17) is 4.42 Å². The molecule has 1 N–H and O–H groups in total. The summed E-state index contributed by atoms with van der Waals surface area (Å²) in [6, 6.07) is 11.2. The quantitative estimate of drug-likeness (QED) is 0.626. The van der Waals surface area contributed by atoms with Crippen molar-refractivity contribution in [3.63, 3.8) is 0 Å². The third-order valence-electron chi connectivity index (χ3n) is 3.42. The van der Waals surface area contributed by atoms with Crippen LogP contribution in [-0.4, -0.2) is 20.6 Å². The average molecular weight is 324 g/mol. The van der Waals surface area contributed by atoms with E-state index in [2.05, 4.69) is 15.4 Å². The lowest BCUT2D eigenvalue weighted by atomic mass is 10.3. The van der Waals surface area contributed by atoms with Crippen molar-refractivity contribution in [2.75, 3.05) is 5.43 Å². The summed E-state index contributed by atoms with van der Waals surface area (Å²) in [6.45, 7) is 1.87. The van der Waals surface area contributed by atoms with Crippen molar-refractivity contribution in [3.05, 3.63) is 59.6 Å². The smallest absolute Gasteiger partial charge is 0.289 e. The number of thiazole rings is 1. The first-order chi connectivity index (χ1) is 11.2. The summed E-state index contributed by atoms with van der Waals surface area (Å²) in [7, 11) is 0. The molecule has 114 valence electrons. The molecule has 1 amide bonds. The van der Waals surface area contributed by atoms with Gasteiger partial charge in [0.1, 0.15) is 12.0 Å². The number of hydrogen-bond acceptors (Lipinski definition) is 5. The molecule has 6 nitrogen and oxygen atoms in total. The number of nitrogens with one attached hydrogen (secondary N) is 1. The van der Waals surface area contributed by atoms with Gasteiger partial charge in [-0.05, 0) is 31.2 Å². The van der Waals surface area contributed by atoms with Gasteiger partial charge in [-0.25, -0.2) is 14.6 Å². The van der Waals surface area contributed by atoms with Gasteiger partial charge in [0.25, 0.3) is 5.91 Å². The van der Waals surface area contributed by atoms with Crippen LogP contribution in [0, 0.1) is 6.92 Å². The molecule has 3 heterocycles. The molecule has 4 rings (SSSR count). The zero-order valence-corrected chi connectivity index (χ0v) is 13.0. The second kappa shape index (κ2) is 5.36. The molecule has 0 radical (unpaired) electrons. The van der Waals surface area contributed by atoms with E-state index in [9.17, 15) is 4.79 Å². The Kier molecular flexibility index (Phi) is 3.20. The molecule has 0 spiro atoms. The van der Waals surface area contributed by atoms with E-state index in [0.29, 0.717) is 16.5 Å². The Morgan fingerprint density at radius 3 is 2.96 bits per heavy atom. The van der Waals surface area contributed by atoms with E-state index in [1.165, 1.54) is 11.3 Å². The van der Waals surface area contributed by atoms with Crippen molar-refractivity contribution in [2.45, 2.75) is 6.92 Å². The van der Waals surface area contributed by atoms with Gasteiger partial charge < -0.3 is 4.42 Å². The van der Waals surface area contributed by atoms with Gasteiger partial charge in [-0.2, -0.15) is 0 Å². The highest BCUT2D eigenvalue weighted by Crippen LogP contribution is 2.28. The predicted octanol–water partition coefficient (Wildman–Crippen LogP) is 3.45. The molecule has 23 heavy (non-hydrogen) atoms. The predicted molar refractivity (Wildman–Crippen MR) is 88.0 cm³/mol. The van der Waals surface area contributed by atoms with Gasteiger partial charge in [-0.3, -0.25) is 10.2 Å². The number of amides is 1. The van der Waals surface area contributed by atoms with Gasteiger partial charge in [-0.1, -0.05) is 12.1 Å². The minimum Gasteiger partial charge on any atom is -0.462 e. The molecule has 0 saturated heterocycles. The maximum atomic E-state index is 12.5. The summed E-state index contributed by atoms with van der Waals surface area (Å²) in [6.07, 6.45) is 3.17. The summed E-state index contributed by atoms with van der Waals surface area (Å²) < 4.78 is 6.93. The lowest BCUT2D eigenvalue weighted by Gasteiger charge is -2.05. The summed E-state index contributed by atoms with van der Waals surface area (Å²) in [4.78, 5) is 22.0. The Labute approximate surface area is 135 Å². The van der Waals surface area contributed by atoms with Gasteiger partial charge in [-0.15, -0.1) is 11.3 Å². The van der Waals surface area contributed by atoms with Gasteiger partial charge in [0.05, 0.1) is 17.3 Å². The van der Waals surface area contributed by atoms with Crippen molar-refractivity contribution in [1.29, 1.82) is 0 Å². The van der Waals surface area contributed by atoms with Crippen LogP contribution in [0.4, 0.5) is 0 Å². The van der Waals surface area contributed by atoms with Gasteiger partial charge in [0.2, 0.25) is 0 Å². The average Bonchev–Trinajstić information content (AvgIpc) is 3.27. The van der Waals surface area contributed by atoms with Crippen LogP contribution in [0.1, 0.15) is 15.4 Å². The number of benzene rings is 1. The number of nitrogens with zero attached hydrogens (tertiary/aromatic N) is 3. The summed E-state index contributed by atoms with van der Waals surface area (Å²) in [5, 5.41) is 0.688. The molecule has 0 fully saturated rings. The highest BCUT2D eigenvalue weighted by molar-refractivity contribution is 7.15. The number of para-hydroxylation sites is 2. The monoisotopic (exact) mass is 324 g/mol. The minimum atomic E-state index is -0.278. The Morgan fingerprint density at radius 1 is 1.26 bits per heavy atom. The highest BCUT2D eigenvalue weighted by atomic mass is 32.1. The molecule has 4 aromatic rings. The van der Waals surface area contributed by atoms with Crippen molar-refractivity contribution in [2.24, 2.45) is 0 Å². The molecule has 0 atom stereocenters. The SMILES string of the molecule is Cc1sc(-c2ccco2)nc1C(=O)Nn1cnc2ccccc21. The molecule has 0 aliphatic carbocycles. The van der Waals surface area contributed by atoms with Crippen LogP contribution in [0.2, 0.25) is 0 Å². The number of carbonyl (C=O) groups excluding carboxylic acids is 1. The lowest BCUT2D eigenvalue weighted by molar-refractivity contribution is 0.100. The van der Waals surface area contributed by atoms with E-state index in [-0.39, 0.29) is 5.91 Å². The summed E-state index contributed by atoms with van der Waals surface area (Å²) in [5.41, 5.74) is 4.85. The van der Waals surface area contributed by atoms with E-state index in [0.717, 1.165) is 15.9 Å². The normalized spacial score (nSPS) is 11.0. The first-order valence-corrected chi connectivity index (χ1v) is 7.79. The lowest BCUT2D eigenvalue weighted by Crippen LogP contribution is -2.23. The molecule has 0 saturated carbocycles. The van der Waals surface area contributed by atoms with Gasteiger partial charge >= 0.3 is 0 Å². The maximum absolute atomic E-state index is 12.5. The second-order valence-corrected chi connectivity index (χ2v) is 6.15. The zero-order chi connectivity index (χ0) is 15.8. The van der Waals surface area contributed by atoms with Crippen molar-refractivity contribution >= 4 is 28.3 Å².